The zero-order valence-corrected chi connectivity index (χ0v) is 12.3. The zero-order chi connectivity index (χ0) is 15.9. The van der Waals surface area contributed by atoms with Crippen LogP contribution in [-0.2, 0) is 19.6 Å². The number of methoxy groups -OCH3 is 2. The standard InChI is InChI=1S/C12H14N2O6S/c1-18-10-4-3-9(7-11(10)19-2)21(16,17)14-8-12(15)20-6-5-13/h3-4,7,14H,6,8H2,1-2H3. The first-order valence-electron chi connectivity index (χ1n) is 5.69. The maximum Gasteiger partial charge on any atom is 0.322 e. The fraction of sp³-hybridized carbons (Fsp3) is 0.333. The van der Waals surface area contributed by atoms with E-state index in [0.29, 0.717) is 5.75 Å². The first-order chi connectivity index (χ1) is 9.94. The summed E-state index contributed by atoms with van der Waals surface area (Å²) in [6, 6.07) is 5.61. The number of esters is 1. The number of carbonyl (C=O) groups excluding carboxylic acids is 1. The van der Waals surface area contributed by atoms with Gasteiger partial charge in [0.15, 0.2) is 18.1 Å². The third kappa shape index (κ3) is 4.62. The maximum absolute atomic E-state index is 12.0. The Kier molecular flexibility index (Phi) is 5.95. The van der Waals surface area contributed by atoms with E-state index in [0.717, 1.165) is 0 Å². The van der Waals surface area contributed by atoms with Gasteiger partial charge < -0.3 is 14.2 Å². The van der Waals surface area contributed by atoms with Gasteiger partial charge in [-0.15, -0.1) is 0 Å². The Hall–Kier alpha value is -2.31. The minimum Gasteiger partial charge on any atom is -0.493 e. The van der Waals surface area contributed by atoms with Crippen molar-refractivity contribution in [1.82, 2.24) is 4.72 Å². The van der Waals surface area contributed by atoms with Gasteiger partial charge in [0.25, 0.3) is 0 Å². The second-order valence-corrected chi connectivity index (χ2v) is 5.43. The molecule has 1 N–H and O–H groups in total. The van der Waals surface area contributed by atoms with E-state index in [1.165, 1.54) is 32.4 Å². The van der Waals surface area contributed by atoms with Gasteiger partial charge in [0.05, 0.1) is 19.1 Å². The van der Waals surface area contributed by atoms with Crippen LogP contribution in [-0.4, -0.2) is 41.8 Å². The molecular weight excluding hydrogens is 300 g/mol. The third-order valence-corrected chi connectivity index (χ3v) is 3.77. The number of rotatable bonds is 7. The molecule has 0 saturated heterocycles. The number of benzene rings is 1. The van der Waals surface area contributed by atoms with Gasteiger partial charge in [0.2, 0.25) is 10.0 Å². The summed E-state index contributed by atoms with van der Waals surface area (Å²) in [5.74, 6) is -0.224. The van der Waals surface area contributed by atoms with Crippen LogP contribution in [0.2, 0.25) is 0 Å². The molecule has 0 aliphatic carbocycles. The third-order valence-electron chi connectivity index (χ3n) is 2.37. The van der Waals surface area contributed by atoms with Crippen molar-refractivity contribution in [3.63, 3.8) is 0 Å². The van der Waals surface area contributed by atoms with Crippen molar-refractivity contribution in [2.75, 3.05) is 27.4 Å². The highest BCUT2D eigenvalue weighted by molar-refractivity contribution is 7.89. The van der Waals surface area contributed by atoms with Gasteiger partial charge in [-0.05, 0) is 12.1 Å². The van der Waals surface area contributed by atoms with Gasteiger partial charge in [-0.1, -0.05) is 0 Å². The van der Waals surface area contributed by atoms with Gasteiger partial charge in [-0.25, -0.2) is 8.42 Å². The topological polar surface area (TPSA) is 115 Å². The fourth-order valence-electron chi connectivity index (χ4n) is 1.38. The van der Waals surface area contributed by atoms with Crippen molar-refractivity contribution >= 4 is 16.0 Å². The Morgan fingerprint density at radius 1 is 1.29 bits per heavy atom. The zero-order valence-electron chi connectivity index (χ0n) is 11.5. The van der Waals surface area contributed by atoms with Crippen molar-refractivity contribution in [3.05, 3.63) is 18.2 Å². The summed E-state index contributed by atoms with van der Waals surface area (Å²) in [7, 11) is -1.11. The minimum atomic E-state index is -3.91. The van der Waals surface area contributed by atoms with E-state index >= 15 is 0 Å². The molecule has 114 valence electrons. The van der Waals surface area contributed by atoms with E-state index < -0.39 is 29.1 Å². The molecular formula is C12H14N2O6S. The Morgan fingerprint density at radius 3 is 2.52 bits per heavy atom. The maximum atomic E-state index is 12.0. The molecule has 0 amide bonds. The first kappa shape index (κ1) is 16.7. The molecule has 1 aromatic carbocycles. The average molecular weight is 314 g/mol. The number of nitrogens with zero attached hydrogens (tertiary/aromatic N) is 1. The van der Waals surface area contributed by atoms with Crippen molar-refractivity contribution in [2.24, 2.45) is 0 Å². The monoisotopic (exact) mass is 314 g/mol. The van der Waals surface area contributed by atoms with Crippen LogP contribution in [0.3, 0.4) is 0 Å². The van der Waals surface area contributed by atoms with Crippen LogP contribution >= 0.6 is 0 Å². The van der Waals surface area contributed by atoms with Gasteiger partial charge in [-0.3, -0.25) is 4.79 Å². The van der Waals surface area contributed by atoms with E-state index in [1.807, 2.05) is 0 Å². The molecule has 0 atom stereocenters. The lowest BCUT2D eigenvalue weighted by Gasteiger charge is -2.10. The number of sulfonamides is 1. The largest absolute Gasteiger partial charge is 0.493 e. The van der Waals surface area contributed by atoms with Crippen molar-refractivity contribution in [2.45, 2.75) is 4.90 Å². The molecule has 0 fully saturated rings. The number of ether oxygens (including phenoxy) is 3. The molecule has 0 spiro atoms. The molecule has 9 heteroatoms. The summed E-state index contributed by atoms with van der Waals surface area (Å²) in [4.78, 5) is 11.1. The van der Waals surface area contributed by atoms with E-state index in [9.17, 15) is 13.2 Å². The summed E-state index contributed by atoms with van der Waals surface area (Å²) in [5.41, 5.74) is 0. The predicted molar refractivity (Wildman–Crippen MR) is 71.3 cm³/mol. The molecule has 8 nitrogen and oxygen atoms in total. The smallest absolute Gasteiger partial charge is 0.322 e. The second-order valence-electron chi connectivity index (χ2n) is 3.66. The first-order valence-corrected chi connectivity index (χ1v) is 7.17. The fourth-order valence-corrected chi connectivity index (χ4v) is 2.37. The molecule has 0 saturated carbocycles. The normalized spacial score (nSPS) is 10.5. The summed E-state index contributed by atoms with van der Waals surface area (Å²) in [6.07, 6.45) is 0. The van der Waals surface area contributed by atoms with E-state index in [2.05, 4.69) is 9.46 Å². The lowest BCUT2D eigenvalue weighted by Crippen LogP contribution is -2.30. The Bertz CT molecular complexity index is 650. The summed E-state index contributed by atoms with van der Waals surface area (Å²) in [6.45, 7) is -1.00. The highest BCUT2D eigenvalue weighted by atomic mass is 32.2. The molecule has 0 heterocycles. The number of carbonyl (C=O) groups is 1. The summed E-state index contributed by atoms with van der Waals surface area (Å²) >= 11 is 0. The molecule has 0 aromatic heterocycles. The van der Waals surface area contributed by atoms with Crippen molar-refractivity contribution < 1.29 is 27.4 Å². The van der Waals surface area contributed by atoms with Crippen molar-refractivity contribution in [3.8, 4) is 17.6 Å². The SMILES string of the molecule is COc1ccc(S(=O)(=O)NCC(=O)OCC#N)cc1OC. The van der Waals surface area contributed by atoms with Crippen LogP contribution < -0.4 is 14.2 Å². The number of hydrogen-bond donors (Lipinski definition) is 1. The molecule has 1 rings (SSSR count). The number of nitrogens with one attached hydrogen (secondary N) is 1. The molecule has 21 heavy (non-hydrogen) atoms. The van der Waals surface area contributed by atoms with Crippen LogP contribution in [0.25, 0.3) is 0 Å². The van der Waals surface area contributed by atoms with Gasteiger partial charge in [-0.2, -0.15) is 9.98 Å². The van der Waals surface area contributed by atoms with Gasteiger partial charge >= 0.3 is 5.97 Å². The average Bonchev–Trinajstić information content (AvgIpc) is 2.50. The van der Waals surface area contributed by atoms with Crippen LogP contribution in [0.4, 0.5) is 0 Å². The van der Waals surface area contributed by atoms with Crippen LogP contribution in [0.1, 0.15) is 0 Å². The molecule has 1 aromatic rings. The quantitative estimate of drug-likeness (QED) is 0.707. The molecule has 0 bridgehead atoms. The van der Waals surface area contributed by atoms with E-state index in [1.54, 1.807) is 6.07 Å². The lowest BCUT2D eigenvalue weighted by atomic mass is 10.3. The van der Waals surface area contributed by atoms with E-state index in [-0.39, 0.29) is 10.6 Å². The van der Waals surface area contributed by atoms with Crippen molar-refractivity contribution in [1.29, 1.82) is 5.26 Å². The lowest BCUT2D eigenvalue weighted by molar-refractivity contribution is -0.140. The van der Waals surface area contributed by atoms with Crippen LogP contribution in [0.5, 0.6) is 11.5 Å². The number of hydrogen-bond acceptors (Lipinski definition) is 7. The molecule has 0 aliphatic heterocycles. The predicted octanol–water partition coefficient (Wildman–Crippen LogP) is 0.0489. The Morgan fingerprint density at radius 2 is 1.95 bits per heavy atom. The summed E-state index contributed by atoms with van der Waals surface area (Å²) in [5, 5.41) is 8.24. The van der Waals surface area contributed by atoms with Crippen LogP contribution in [0.15, 0.2) is 23.1 Å². The Balaban J connectivity index is 2.84. The molecule has 0 aliphatic rings. The van der Waals surface area contributed by atoms with Gasteiger partial charge in [0, 0.05) is 6.07 Å². The highest BCUT2D eigenvalue weighted by Crippen LogP contribution is 2.29. The molecule has 0 radical (unpaired) electrons. The number of nitriles is 1. The minimum absolute atomic E-state index is 0.0896. The van der Waals surface area contributed by atoms with E-state index in [4.69, 9.17) is 14.7 Å². The summed E-state index contributed by atoms with van der Waals surface area (Å²) < 4.78 is 40.5. The van der Waals surface area contributed by atoms with Crippen LogP contribution in [0, 0.1) is 11.3 Å². The highest BCUT2D eigenvalue weighted by Gasteiger charge is 2.18. The van der Waals surface area contributed by atoms with Gasteiger partial charge in [0.1, 0.15) is 12.6 Å². The second kappa shape index (κ2) is 7.47. The molecule has 0 unspecified atom stereocenters. The Labute approximate surface area is 122 Å².